The van der Waals surface area contributed by atoms with Crippen LogP contribution in [0.3, 0.4) is 0 Å². The number of benzene rings is 1. The summed E-state index contributed by atoms with van der Waals surface area (Å²) in [5.74, 6) is -1.25. The van der Waals surface area contributed by atoms with Gasteiger partial charge in [0, 0.05) is 9.13 Å². The van der Waals surface area contributed by atoms with Gasteiger partial charge in [0.25, 0.3) is 0 Å². The number of aromatic carboxylic acids is 1. The Kier molecular flexibility index (Phi) is 2.62. The number of carbonyl (C=O) groups is 1. The molecule has 0 aliphatic rings. The van der Waals surface area contributed by atoms with Gasteiger partial charge in [0.15, 0.2) is 0 Å². The summed E-state index contributed by atoms with van der Waals surface area (Å²) in [5, 5.41) is 21.4. The van der Waals surface area contributed by atoms with Crippen LogP contribution in [0.1, 0.15) is 10.4 Å². The summed E-state index contributed by atoms with van der Waals surface area (Å²) >= 11 is 2.02. The van der Waals surface area contributed by atoms with Gasteiger partial charge < -0.3 is 9.90 Å². The summed E-state index contributed by atoms with van der Waals surface area (Å²) in [7, 11) is 0. The lowest BCUT2D eigenvalue weighted by molar-refractivity contribution is -0.255. The van der Waals surface area contributed by atoms with Crippen LogP contribution in [0.5, 0.6) is 0 Å². The predicted molar refractivity (Wildman–Crippen MR) is 56.2 cm³/mol. The van der Waals surface area contributed by atoms with Crippen LogP contribution in [0.2, 0.25) is 0 Å². The maximum Gasteiger partial charge on any atom is 0.143 e. The molecule has 0 amide bonds. The lowest BCUT2D eigenvalue weighted by Gasteiger charge is -2.09. The molecule has 0 saturated heterocycles. The number of carboxylic acid groups (broad SMARTS) is 1. The molecule has 0 radical (unpaired) electrons. The first-order valence-corrected chi connectivity index (χ1v) is 5.00. The van der Waals surface area contributed by atoms with Crippen molar-refractivity contribution in [2.24, 2.45) is 0 Å². The fourth-order valence-corrected chi connectivity index (χ4v) is 1.63. The number of tetrazole rings is 1. The molecular formula is C8H4IN4O2-. The summed E-state index contributed by atoms with van der Waals surface area (Å²) in [6, 6.07) is 4.90. The first-order chi connectivity index (χ1) is 7.18. The monoisotopic (exact) mass is 315 g/mol. The van der Waals surface area contributed by atoms with Gasteiger partial charge >= 0.3 is 0 Å². The van der Waals surface area contributed by atoms with Crippen molar-refractivity contribution in [1.82, 2.24) is 20.2 Å². The van der Waals surface area contributed by atoms with Crippen LogP contribution in [0.15, 0.2) is 24.5 Å². The highest BCUT2D eigenvalue weighted by atomic mass is 127. The van der Waals surface area contributed by atoms with E-state index in [0.717, 1.165) is 3.57 Å². The SMILES string of the molecule is O=C([O-])c1cc(I)ccc1-n1cnnn1. The quantitative estimate of drug-likeness (QED) is 0.706. The van der Waals surface area contributed by atoms with E-state index < -0.39 is 5.97 Å². The van der Waals surface area contributed by atoms with Crippen molar-refractivity contribution in [1.29, 1.82) is 0 Å². The van der Waals surface area contributed by atoms with Crippen LogP contribution >= 0.6 is 22.6 Å². The number of hydrogen-bond donors (Lipinski definition) is 0. The molecule has 0 aliphatic carbocycles. The van der Waals surface area contributed by atoms with Crippen molar-refractivity contribution in [3.8, 4) is 5.69 Å². The third-order valence-corrected chi connectivity index (χ3v) is 2.45. The average molecular weight is 315 g/mol. The maximum absolute atomic E-state index is 10.9. The Labute approximate surface area is 98.1 Å². The Bertz CT molecular complexity index is 497. The molecule has 0 unspecified atom stereocenters. The molecule has 0 bridgehead atoms. The number of nitrogens with zero attached hydrogens (tertiary/aromatic N) is 4. The van der Waals surface area contributed by atoms with Crippen molar-refractivity contribution in [3.05, 3.63) is 33.7 Å². The van der Waals surface area contributed by atoms with Crippen molar-refractivity contribution in [2.75, 3.05) is 0 Å². The lowest BCUT2D eigenvalue weighted by atomic mass is 10.2. The van der Waals surface area contributed by atoms with Crippen molar-refractivity contribution in [2.45, 2.75) is 0 Å². The number of rotatable bonds is 2. The molecule has 2 aromatic rings. The standard InChI is InChI=1S/C8H5IN4O2/c9-5-1-2-7(6(3-5)8(14)15)13-4-10-11-12-13/h1-4H,(H,14,15)/p-1. The third-order valence-electron chi connectivity index (χ3n) is 1.77. The van der Waals surface area contributed by atoms with Crippen LogP contribution in [0, 0.1) is 3.57 Å². The summed E-state index contributed by atoms with van der Waals surface area (Å²) in [4.78, 5) is 10.9. The van der Waals surface area contributed by atoms with Crippen molar-refractivity contribution in [3.63, 3.8) is 0 Å². The second kappa shape index (κ2) is 3.93. The van der Waals surface area contributed by atoms with Gasteiger partial charge in [0.2, 0.25) is 0 Å². The van der Waals surface area contributed by atoms with E-state index in [0.29, 0.717) is 5.69 Å². The van der Waals surface area contributed by atoms with Crippen LogP contribution in [-0.2, 0) is 0 Å². The maximum atomic E-state index is 10.9. The number of carboxylic acids is 1. The van der Waals surface area contributed by atoms with Crippen molar-refractivity contribution >= 4 is 28.6 Å². The zero-order chi connectivity index (χ0) is 10.8. The summed E-state index contributed by atoms with van der Waals surface area (Å²) in [6.07, 6.45) is 1.33. The van der Waals surface area contributed by atoms with Crippen LogP contribution < -0.4 is 5.11 Å². The minimum Gasteiger partial charge on any atom is -0.545 e. The van der Waals surface area contributed by atoms with E-state index in [1.54, 1.807) is 12.1 Å². The third kappa shape index (κ3) is 1.96. The molecule has 1 aromatic carbocycles. The molecule has 0 N–H and O–H groups in total. The van der Waals surface area contributed by atoms with Gasteiger partial charge in [-0.3, -0.25) is 0 Å². The number of carbonyl (C=O) groups excluding carboxylic acids is 1. The molecule has 2 rings (SSSR count). The molecule has 1 aromatic heterocycles. The fraction of sp³-hybridized carbons (Fsp3) is 0. The highest BCUT2D eigenvalue weighted by molar-refractivity contribution is 14.1. The van der Waals surface area contributed by atoms with Gasteiger partial charge in [-0.15, -0.1) is 5.10 Å². The van der Waals surface area contributed by atoms with E-state index >= 15 is 0 Å². The molecule has 0 spiro atoms. The minimum absolute atomic E-state index is 0.0641. The molecule has 76 valence electrons. The zero-order valence-electron chi connectivity index (χ0n) is 7.29. The van der Waals surface area contributed by atoms with Gasteiger partial charge in [0.1, 0.15) is 6.33 Å². The Morgan fingerprint density at radius 3 is 2.87 bits per heavy atom. The van der Waals surface area contributed by atoms with E-state index in [-0.39, 0.29) is 5.56 Å². The fourth-order valence-electron chi connectivity index (χ4n) is 1.14. The summed E-state index contributed by atoms with van der Waals surface area (Å²) in [5.41, 5.74) is 0.453. The molecule has 0 fully saturated rings. The van der Waals surface area contributed by atoms with E-state index in [2.05, 4.69) is 15.5 Å². The molecular weight excluding hydrogens is 311 g/mol. The number of aromatic nitrogens is 4. The Balaban J connectivity index is 2.61. The molecule has 0 atom stereocenters. The van der Waals surface area contributed by atoms with Gasteiger partial charge in [-0.1, -0.05) is 0 Å². The largest absolute Gasteiger partial charge is 0.545 e. The Morgan fingerprint density at radius 1 is 1.47 bits per heavy atom. The zero-order valence-corrected chi connectivity index (χ0v) is 9.45. The highest BCUT2D eigenvalue weighted by Gasteiger charge is 2.07. The van der Waals surface area contributed by atoms with Crippen LogP contribution in [-0.4, -0.2) is 26.2 Å². The minimum atomic E-state index is -1.25. The molecule has 0 aliphatic heterocycles. The van der Waals surface area contributed by atoms with E-state index in [1.165, 1.54) is 17.1 Å². The van der Waals surface area contributed by atoms with E-state index in [4.69, 9.17) is 0 Å². The predicted octanol–water partition coefficient (Wildman–Crippen LogP) is -0.370. The number of hydrogen-bond acceptors (Lipinski definition) is 5. The normalized spacial score (nSPS) is 10.2. The van der Waals surface area contributed by atoms with Crippen LogP contribution in [0.4, 0.5) is 0 Å². The smallest absolute Gasteiger partial charge is 0.143 e. The molecule has 7 heteroatoms. The molecule has 15 heavy (non-hydrogen) atoms. The van der Waals surface area contributed by atoms with Crippen LogP contribution in [0.25, 0.3) is 5.69 Å². The first kappa shape index (κ1) is 10.0. The summed E-state index contributed by atoms with van der Waals surface area (Å²) < 4.78 is 2.09. The Hall–Kier alpha value is -1.51. The average Bonchev–Trinajstić information content (AvgIpc) is 2.70. The second-order valence-electron chi connectivity index (χ2n) is 2.70. The highest BCUT2D eigenvalue weighted by Crippen LogP contribution is 2.16. The van der Waals surface area contributed by atoms with Gasteiger partial charge in [-0.2, -0.15) is 4.68 Å². The lowest BCUT2D eigenvalue weighted by Crippen LogP contribution is -2.24. The first-order valence-electron chi connectivity index (χ1n) is 3.93. The molecule has 1 heterocycles. The molecule has 6 nitrogen and oxygen atoms in total. The summed E-state index contributed by atoms with van der Waals surface area (Å²) in [6.45, 7) is 0. The van der Waals surface area contributed by atoms with Gasteiger partial charge in [-0.05, 0) is 51.2 Å². The van der Waals surface area contributed by atoms with Gasteiger partial charge in [0.05, 0.1) is 11.7 Å². The Morgan fingerprint density at radius 2 is 2.27 bits per heavy atom. The topological polar surface area (TPSA) is 83.7 Å². The van der Waals surface area contributed by atoms with E-state index in [9.17, 15) is 9.90 Å². The van der Waals surface area contributed by atoms with Crippen molar-refractivity contribution < 1.29 is 9.90 Å². The number of halogens is 1. The van der Waals surface area contributed by atoms with Gasteiger partial charge in [-0.25, -0.2) is 0 Å². The second-order valence-corrected chi connectivity index (χ2v) is 3.95. The van der Waals surface area contributed by atoms with E-state index in [1.807, 2.05) is 22.6 Å². The molecule has 0 saturated carbocycles.